The van der Waals surface area contributed by atoms with Crippen LogP contribution in [-0.4, -0.2) is 17.3 Å². The fourth-order valence-electron chi connectivity index (χ4n) is 0.499. The molecule has 1 N–H and O–H groups in total. The number of hydrogen-bond acceptors (Lipinski definition) is 1. The van der Waals surface area contributed by atoms with E-state index in [1.807, 2.05) is 20.8 Å². The van der Waals surface area contributed by atoms with Crippen molar-refractivity contribution in [3.05, 3.63) is 0 Å². The van der Waals surface area contributed by atoms with Crippen LogP contribution >= 0.6 is 11.6 Å². The van der Waals surface area contributed by atoms with Gasteiger partial charge in [-0.05, 0) is 20.3 Å². The molecule has 2 nitrogen and oxygen atoms in total. The highest BCUT2D eigenvalue weighted by atomic mass is 35.5. The van der Waals surface area contributed by atoms with E-state index in [2.05, 4.69) is 5.32 Å². The van der Waals surface area contributed by atoms with Crippen LogP contribution in [-0.2, 0) is 4.79 Å². The molecule has 0 heterocycles. The Labute approximate surface area is 66.9 Å². The third kappa shape index (κ3) is 3.72. The van der Waals surface area contributed by atoms with Gasteiger partial charge in [-0.1, -0.05) is 6.92 Å². The number of amides is 1. The topological polar surface area (TPSA) is 29.1 Å². The molecule has 10 heavy (non-hydrogen) atoms. The van der Waals surface area contributed by atoms with Crippen molar-refractivity contribution in [1.82, 2.24) is 5.32 Å². The van der Waals surface area contributed by atoms with Crippen molar-refractivity contribution in [1.29, 1.82) is 0 Å². The minimum atomic E-state index is -0.119. The molecule has 3 heteroatoms. The summed E-state index contributed by atoms with van der Waals surface area (Å²) in [5, 5.41) is 2.78. The third-order valence-electron chi connectivity index (χ3n) is 1.48. The summed E-state index contributed by atoms with van der Waals surface area (Å²) >= 11 is 5.30. The lowest BCUT2D eigenvalue weighted by molar-refractivity contribution is -0.120. The summed E-state index contributed by atoms with van der Waals surface area (Å²) in [6.07, 6.45) is 0.912. The van der Waals surface area contributed by atoms with Gasteiger partial charge in [0.15, 0.2) is 0 Å². The molecule has 0 radical (unpaired) electrons. The van der Waals surface area contributed by atoms with Gasteiger partial charge in [0.2, 0.25) is 5.91 Å². The van der Waals surface area contributed by atoms with E-state index in [1.165, 1.54) is 0 Å². The predicted octanol–water partition coefficient (Wildman–Crippen LogP) is 1.53. The van der Waals surface area contributed by atoms with E-state index in [-0.39, 0.29) is 17.3 Å². The Bertz CT molecular complexity index is 123. The molecule has 0 unspecified atom stereocenters. The van der Waals surface area contributed by atoms with Crippen molar-refractivity contribution in [3.63, 3.8) is 0 Å². The van der Waals surface area contributed by atoms with E-state index in [4.69, 9.17) is 11.6 Å². The first-order chi connectivity index (χ1) is 4.52. The van der Waals surface area contributed by atoms with Crippen molar-refractivity contribution >= 4 is 17.5 Å². The molecule has 0 rings (SSSR count). The molecule has 0 spiro atoms. The highest BCUT2D eigenvalue weighted by Crippen LogP contribution is 2.06. The maximum absolute atomic E-state index is 10.7. The largest absolute Gasteiger partial charge is 0.350 e. The van der Waals surface area contributed by atoms with Gasteiger partial charge < -0.3 is 5.32 Å². The van der Waals surface area contributed by atoms with Crippen LogP contribution in [0.1, 0.15) is 27.2 Å². The number of carbonyl (C=O) groups is 1. The summed E-state index contributed by atoms with van der Waals surface area (Å²) in [6, 6.07) is 0. The minimum absolute atomic E-state index is 0.0451. The molecule has 1 amide bonds. The van der Waals surface area contributed by atoms with Crippen molar-refractivity contribution in [2.24, 2.45) is 0 Å². The second kappa shape index (κ2) is 3.81. The monoisotopic (exact) mass is 163 g/mol. The van der Waals surface area contributed by atoms with Crippen LogP contribution in [0.3, 0.4) is 0 Å². The second-order valence-electron chi connectivity index (χ2n) is 2.92. The molecule has 0 atom stereocenters. The molecule has 0 aromatic heterocycles. The fourth-order valence-corrected chi connectivity index (χ4v) is 0.566. The number of hydrogen-bond donors (Lipinski definition) is 1. The molecule has 0 aliphatic rings. The maximum Gasteiger partial charge on any atom is 0.235 e. The summed E-state index contributed by atoms with van der Waals surface area (Å²) in [6.45, 7) is 5.96. The van der Waals surface area contributed by atoms with Gasteiger partial charge in [0.25, 0.3) is 0 Å². The van der Waals surface area contributed by atoms with Gasteiger partial charge >= 0.3 is 0 Å². The number of rotatable bonds is 3. The Morgan fingerprint density at radius 3 is 2.40 bits per heavy atom. The first kappa shape index (κ1) is 9.76. The van der Waals surface area contributed by atoms with Crippen molar-refractivity contribution < 1.29 is 4.79 Å². The Morgan fingerprint density at radius 1 is 1.60 bits per heavy atom. The number of halogens is 1. The first-order valence-electron chi connectivity index (χ1n) is 3.39. The molecule has 0 saturated carbocycles. The van der Waals surface area contributed by atoms with Crippen LogP contribution in [0.5, 0.6) is 0 Å². The Hall–Kier alpha value is -0.240. The van der Waals surface area contributed by atoms with Gasteiger partial charge in [-0.3, -0.25) is 4.79 Å². The molecule has 0 saturated heterocycles. The Morgan fingerprint density at radius 2 is 2.10 bits per heavy atom. The van der Waals surface area contributed by atoms with E-state index in [0.717, 1.165) is 6.42 Å². The molecule has 0 aliphatic carbocycles. The van der Waals surface area contributed by atoms with Crippen LogP contribution in [0, 0.1) is 0 Å². The molecule has 60 valence electrons. The number of alkyl halides is 1. The lowest BCUT2D eigenvalue weighted by Crippen LogP contribution is -2.43. The predicted molar refractivity (Wildman–Crippen MR) is 43.2 cm³/mol. The van der Waals surface area contributed by atoms with Gasteiger partial charge in [-0.25, -0.2) is 0 Å². The molecule has 0 aromatic carbocycles. The lowest BCUT2D eigenvalue weighted by Gasteiger charge is -2.23. The average Bonchev–Trinajstić information content (AvgIpc) is 1.87. The normalized spacial score (nSPS) is 11.2. The van der Waals surface area contributed by atoms with E-state index in [9.17, 15) is 4.79 Å². The first-order valence-corrected chi connectivity index (χ1v) is 3.92. The molecule has 0 aromatic rings. The van der Waals surface area contributed by atoms with Crippen LogP contribution in [0.4, 0.5) is 0 Å². The van der Waals surface area contributed by atoms with Crippen LogP contribution in [0.25, 0.3) is 0 Å². The summed E-state index contributed by atoms with van der Waals surface area (Å²) in [7, 11) is 0. The van der Waals surface area contributed by atoms with Crippen LogP contribution < -0.4 is 5.32 Å². The molecular weight excluding hydrogens is 150 g/mol. The average molecular weight is 164 g/mol. The highest BCUT2D eigenvalue weighted by molar-refractivity contribution is 6.27. The van der Waals surface area contributed by atoms with Crippen LogP contribution in [0.15, 0.2) is 0 Å². The quantitative estimate of drug-likeness (QED) is 0.629. The van der Waals surface area contributed by atoms with Gasteiger partial charge in [-0.15, -0.1) is 11.6 Å². The van der Waals surface area contributed by atoms with E-state index >= 15 is 0 Å². The van der Waals surface area contributed by atoms with Gasteiger partial charge in [0.05, 0.1) is 0 Å². The summed E-state index contributed by atoms with van der Waals surface area (Å²) in [5.74, 6) is -0.0582. The molecular formula is C7H14ClNO. The summed E-state index contributed by atoms with van der Waals surface area (Å²) < 4.78 is 0. The Kier molecular flexibility index (Phi) is 3.72. The van der Waals surface area contributed by atoms with E-state index < -0.39 is 0 Å². The van der Waals surface area contributed by atoms with E-state index in [0.29, 0.717) is 0 Å². The Balaban J connectivity index is 3.76. The summed E-state index contributed by atoms with van der Waals surface area (Å²) in [5.41, 5.74) is -0.119. The lowest BCUT2D eigenvalue weighted by atomic mass is 10.0. The SMILES string of the molecule is CCC(C)(C)NC(=O)CCl. The fraction of sp³-hybridized carbons (Fsp3) is 0.857. The summed E-state index contributed by atoms with van der Waals surface area (Å²) in [4.78, 5) is 10.7. The minimum Gasteiger partial charge on any atom is -0.350 e. The highest BCUT2D eigenvalue weighted by Gasteiger charge is 2.16. The molecule has 0 bridgehead atoms. The molecule has 0 aliphatic heterocycles. The van der Waals surface area contributed by atoms with E-state index in [1.54, 1.807) is 0 Å². The van der Waals surface area contributed by atoms with Gasteiger partial charge in [0, 0.05) is 5.54 Å². The zero-order valence-corrected chi connectivity index (χ0v) is 7.46. The number of nitrogens with one attached hydrogen (secondary N) is 1. The second-order valence-corrected chi connectivity index (χ2v) is 3.19. The standard InChI is InChI=1S/C7H14ClNO/c1-4-7(2,3)9-6(10)5-8/h4-5H2,1-3H3,(H,9,10). The molecule has 0 fully saturated rings. The van der Waals surface area contributed by atoms with Gasteiger partial charge in [0.1, 0.15) is 5.88 Å². The van der Waals surface area contributed by atoms with Crippen molar-refractivity contribution in [2.75, 3.05) is 5.88 Å². The zero-order chi connectivity index (χ0) is 8.20. The van der Waals surface area contributed by atoms with Crippen molar-refractivity contribution in [3.8, 4) is 0 Å². The van der Waals surface area contributed by atoms with Gasteiger partial charge in [-0.2, -0.15) is 0 Å². The zero-order valence-electron chi connectivity index (χ0n) is 6.70. The third-order valence-corrected chi connectivity index (χ3v) is 1.73. The van der Waals surface area contributed by atoms with Crippen LogP contribution in [0.2, 0.25) is 0 Å². The maximum atomic E-state index is 10.7. The smallest absolute Gasteiger partial charge is 0.235 e. The number of carbonyl (C=O) groups excluding carboxylic acids is 1. The van der Waals surface area contributed by atoms with Crippen molar-refractivity contribution in [2.45, 2.75) is 32.7 Å².